The highest BCUT2D eigenvalue weighted by Crippen LogP contribution is 2.19. The molecule has 1 aromatic rings. The number of aryl methyl sites for hydroxylation is 1. The van der Waals surface area contributed by atoms with E-state index in [0.717, 1.165) is 12.1 Å². The summed E-state index contributed by atoms with van der Waals surface area (Å²) >= 11 is 0. The van der Waals surface area contributed by atoms with Crippen molar-refractivity contribution in [3.05, 3.63) is 23.4 Å². The van der Waals surface area contributed by atoms with Crippen LogP contribution in [0.1, 0.15) is 22.8 Å². The van der Waals surface area contributed by atoms with Crippen molar-refractivity contribution in [3.63, 3.8) is 0 Å². The second-order valence-electron chi connectivity index (χ2n) is 3.56. The van der Waals surface area contributed by atoms with Crippen molar-refractivity contribution in [2.75, 3.05) is 24.5 Å². The van der Waals surface area contributed by atoms with Crippen LogP contribution in [0.3, 0.4) is 0 Å². The number of amides is 1. The summed E-state index contributed by atoms with van der Waals surface area (Å²) in [5.74, 6) is 0.177. The Morgan fingerprint density at radius 1 is 1.56 bits per heavy atom. The quantitative estimate of drug-likeness (QED) is 0.749. The summed E-state index contributed by atoms with van der Waals surface area (Å²) < 4.78 is 0. The predicted molar refractivity (Wildman–Crippen MR) is 64.4 cm³/mol. The average molecular weight is 222 g/mol. The average Bonchev–Trinajstić information content (AvgIpc) is 2.25. The molecule has 5 nitrogen and oxygen atoms in total. The third-order valence-corrected chi connectivity index (χ3v) is 2.47. The van der Waals surface area contributed by atoms with Gasteiger partial charge in [-0.05, 0) is 25.5 Å². The maximum atomic E-state index is 11.4. The number of anilines is 1. The van der Waals surface area contributed by atoms with E-state index in [0.29, 0.717) is 24.5 Å². The number of rotatable bonds is 5. The van der Waals surface area contributed by atoms with Gasteiger partial charge in [-0.1, -0.05) is 0 Å². The van der Waals surface area contributed by atoms with Gasteiger partial charge >= 0.3 is 0 Å². The van der Waals surface area contributed by atoms with Crippen LogP contribution in [0, 0.1) is 6.92 Å². The number of carbonyl (C=O) groups is 1. The van der Waals surface area contributed by atoms with Crippen LogP contribution in [0.2, 0.25) is 0 Å². The van der Waals surface area contributed by atoms with Gasteiger partial charge in [0, 0.05) is 25.8 Å². The number of nitrogens with two attached hydrogens (primary N) is 2. The number of nitrogens with zero attached hydrogens (tertiary/aromatic N) is 2. The molecule has 0 spiro atoms. The molecule has 0 bridgehead atoms. The summed E-state index contributed by atoms with van der Waals surface area (Å²) in [6.07, 6.45) is 1.68. The number of hydrogen-bond donors (Lipinski definition) is 2. The Balaban J connectivity index is 3.20. The molecule has 0 aromatic carbocycles. The van der Waals surface area contributed by atoms with Crippen LogP contribution >= 0.6 is 0 Å². The van der Waals surface area contributed by atoms with Crippen LogP contribution in [-0.4, -0.2) is 30.5 Å². The van der Waals surface area contributed by atoms with Gasteiger partial charge in [0.25, 0.3) is 5.91 Å². The van der Waals surface area contributed by atoms with Crippen molar-refractivity contribution in [3.8, 4) is 0 Å². The molecule has 0 unspecified atom stereocenters. The highest BCUT2D eigenvalue weighted by Gasteiger charge is 2.16. The van der Waals surface area contributed by atoms with Crippen molar-refractivity contribution in [1.82, 2.24) is 4.98 Å². The van der Waals surface area contributed by atoms with E-state index in [9.17, 15) is 4.79 Å². The number of aromatic nitrogens is 1. The van der Waals surface area contributed by atoms with E-state index in [2.05, 4.69) is 4.98 Å². The largest absolute Gasteiger partial charge is 0.365 e. The Morgan fingerprint density at radius 3 is 2.75 bits per heavy atom. The molecule has 0 saturated carbocycles. The van der Waals surface area contributed by atoms with Crippen molar-refractivity contribution >= 4 is 11.7 Å². The monoisotopic (exact) mass is 222 g/mol. The second kappa shape index (κ2) is 5.46. The van der Waals surface area contributed by atoms with Gasteiger partial charge in [-0.15, -0.1) is 0 Å². The molecule has 5 heteroatoms. The molecule has 0 radical (unpaired) electrons. The van der Waals surface area contributed by atoms with Crippen LogP contribution in [0.4, 0.5) is 5.82 Å². The van der Waals surface area contributed by atoms with Gasteiger partial charge in [0.2, 0.25) is 0 Å². The Labute approximate surface area is 95.4 Å². The summed E-state index contributed by atoms with van der Waals surface area (Å²) in [7, 11) is 0. The topological polar surface area (TPSA) is 85.2 Å². The van der Waals surface area contributed by atoms with Crippen LogP contribution in [-0.2, 0) is 0 Å². The van der Waals surface area contributed by atoms with E-state index in [-0.39, 0.29) is 0 Å². The fourth-order valence-corrected chi connectivity index (χ4v) is 1.66. The minimum atomic E-state index is -0.448. The summed E-state index contributed by atoms with van der Waals surface area (Å²) in [4.78, 5) is 17.6. The van der Waals surface area contributed by atoms with Crippen LogP contribution in [0.15, 0.2) is 12.3 Å². The first-order valence-corrected chi connectivity index (χ1v) is 5.32. The molecule has 1 aromatic heterocycles. The highest BCUT2D eigenvalue weighted by molar-refractivity contribution is 5.99. The zero-order valence-electron chi connectivity index (χ0n) is 9.73. The Kier molecular flexibility index (Phi) is 4.25. The SMILES string of the molecule is CCN(CCN)c1nccc(C)c1C(N)=O. The molecule has 0 aliphatic rings. The first kappa shape index (κ1) is 12.4. The smallest absolute Gasteiger partial charge is 0.252 e. The standard InChI is InChI=1S/C11H18N4O/c1-3-15(7-5-12)11-9(10(13)16)8(2)4-6-14-11/h4,6H,3,5,7,12H2,1-2H3,(H2,13,16). The lowest BCUT2D eigenvalue weighted by molar-refractivity contribution is 0.1000. The van der Waals surface area contributed by atoms with Gasteiger partial charge in [0.05, 0.1) is 5.56 Å². The van der Waals surface area contributed by atoms with Crippen molar-refractivity contribution in [2.45, 2.75) is 13.8 Å². The first-order chi connectivity index (χ1) is 7.61. The maximum absolute atomic E-state index is 11.4. The third kappa shape index (κ3) is 2.49. The summed E-state index contributed by atoms with van der Waals surface area (Å²) in [5.41, 5.74) is 12.2. The van der Waals surface area contributed by atoms with Crippen LogP contribution in [0.5, 0.6) is 0 Å². The molecule has 0 atom stereocenters. The Morgan fingerprint density at radius 2 is 2.25 bits per heavy atom. The molecule has 16 heavy (non-hydrogen) atoms. The zero-order chi connectivity index (χ0) is 12.1. The summed E-state index contributed by atoms with van der Waals surface area (Å²) in [5, 5.41) is 0. The van der Waals surface area contributed by atoms with E-state index in [1.807, 2.05) is 18.7 Å². The van der Waals surface area contributed by atoms with E-state index in [1.54, 1.807) is 12.3 Å². The van der Waals surface area contributed by atoms with E-state index >= 15 is 0 Å². The first-order valence-electron chi connectivity index (χ1n) is 5.32. The summed E-state index contributed by atoms with van der Waals surface area (Å²) in [6.45, 7) is 5.76. The number of pyridine rings is 1. The third-order valence-electron chi connectivity index (χ3n) is 2.47. The Hall–Kier alpha value is -1.62. The minimum absolute atomic E-state index is 0.448. The van der Waals surface area contributed by atoms with Crippen molar-refractivity contribution < 1.29 is 4.79 Å². The lowest BCUT2D eigenvalue weighted by Crippen LogP contribution is -2.32. The van der Waals surface area contributed by atoms with Crippen LogP contribution in [0.25, 0.3) is 0 Å². The molecular weight excluding hydrogens is 204 g/mol. The number of hydrogen-bond acceptors (Lipinski definition) is 4. The molecule has 1 rings (SSSR count). The second-order valence-corrected chi connectivity index (χ2v) is 3.56. The molecule has 0 aliphatic carbocycles. The maximum Gasteiger partial charge on any atom is 0.252 e. The minimum Gasteiger partial charge on any atom is -0.365 e. The van der Waals surface area contributed by atoms with Gasteiger partial charge in [0.1, 0.15) is 5.82 Å². The lowest BCUT2D eigenvalue weighted by atomic mass is 10.1. The van der Waals surface area contributed by atoms with Gasteiger partial charge in [-0.3, -0.25) is 4.79 Å². The number of carbonyl (C=O) groups excluding carboxylic acids is 1. The molecule has 0 aliphatic heterocycles. The highest BCUT2D eigenvalue weighted by atomic mass is 16.1. The molecule has 0 fully saturated rings. The van der Waals surface area contributed by atoms with Gasteiger partial charge in [0.15, 0.2) is 0 Å². The van der Waals surface area contributed by atoms with Crippen molar-refractivity contribution in [2.24, 2.45) is 11.5 Å². The molecule has 1 heterocycles. The molecule has 4 N–H and O–H groups in total. The summed E-state index contributed by atoms with van der Waals surface area (Å²) in [6, 6.07) is 1.78. The molecule has 0 saturated heterocycles. The van der Waals surface area contributed by atoms with E-state index in [1.165, 1.54) is 0 Å². The fourth-order valence-electron chi connectivity index (χ4n) is 1.66. The lowest BCUT2D eigenvalue weighted by Gasteiger charge is -2.23. The molecule has 88 valence electrons. The van der Waals surface area contributed by atoms with Gasteiger partial charge in [-0.25, -0.2) is 4.98 Å². The number of likely N-dealkylation sites (N-methyl/N-ethyl adjacent to an activating group) is 1. The number of primary amides is 1. The molecular formula is C11H18N4O. The predicted octanol–water partition coefficient (Wildman–Crippen LogP) is 0.274. The van der Waals surface area contributed by atoms with Gasteiger partial charge in [-0.2, -0.15) is 0 Å². The fraction of sp³-hybridized carbons (Fsp3) is 0.455. The van der Waals surface area contributed by atoms with E-state index < -0.39 is 5.91 Å². The normalized spacial score (nSPS) is 10.2. The zero-order valence-corrected chi connectivity index (χ0v) is 9.73. The molecule has 1 amide bonds. The Bertz CT molecular complexity index is 378. The van der Waals surface area contributed by atoms with Crippen molar-refractivity contribution in [1.29, 1.82) is 0 Å². The van der Waals surface area contributed by atoms with Crippen LogP contribution < -0.4 is 16.4 Å². The van der Waals surface area contributed by atoms with Gasteiger partial charge < -0.3 is 16.4 Å². The van der Waals surface area contributed by atoms with E-state index in [4.69, 9.17) is 11.5 Å².